The van der Waals surface area contributed by atoms with Gasteiger partial charge in [0.2, 0.25) is 0 Å². The van der Waals surface area contributed by atoms with Crippen molar-refractivity contribution < 1.29 is 14.3 Å². The summed E-state index contributed by atoms with van der Waals surface area (Å²) in [7, 11) is 0. The van der Waals surface area contributed by atoms with Crippen molar-refractivity contribution >= 4 is 17.2 Å². The predicted octanol–water partition coefficient (Wildman–Crippen LogP) is 3.96. The second-order valence-corrected chi connectivity index (χ2v) is 7.19. The fourth-order valence-corrected chi connectivity index (χ4v) is 4.04. The zero-order valence-corrected chi connectivity index (χ0v) is 14.5. The van der Waals surface area contributed by atoms with E-state index in [1.807, 2.05) is 29.6 Å². The second kappa shape index (κ2) is 6.50. The van der Waals surface area contributed by atoms with Crippen LogP contribution in [0.2, 0.25) is 0 Å². The molecular formula is C20H19NO3S. The van der Waals surface area contributed by atoms with Gasteiger partial charge >= 0.3 is 0 Å². The van der Waals surface area contributed by atoms with Crippen molar-refractivity contribution in [3.8, 4) is 11.1 Å². The number of nitrogens with one attached hydrogen (secondary N) is 1. The molecule has 3 aromatic rings. The molecular weight excluding hydrogens is 334 g/mol. The van der Waals surface area contributed by atoms with Gasteiger partial charge in [-0.1, -0.05) is 12.1 Å². The van der Waals surface area contributed by atoms with Crippen LogP contribution in [0.4, 0.5) is 0 Å². The number of hydrogen-bond donors (Lipinski definition) is 2. The smallest absolute Gasteiger partial charge is 0.251 e. The van der Waals surface area contributed by atoms with E-state index in [4.69, 9.17) is 4.42 Å². The monoisotopic (exact) mass is 353 g/mol. The molecule has 0 bridgehead atoms. The zero-order chi connectivity index (χ0) is 17.3. The molecule has 1 atom stereocenters. The Morgan fingerprint density at radius 3 is 2.80 bits per heavy atom. The number of rotatable bonds is 4. The molecule has 0 saturated carbocycles. The topological polar surface area (TPSA) is 62.5 Å². The van der Waals surface area contributed by atoms with E-state index in [1.165, 1.54) is 0 Å². The van der Waals surface area contributed by atoms with Gasteiger partial charge in [0.15, 0.2) is 0 Å². The lowest BCUT2D eigenvalue weighted by Gasteiger charge is -2.31. The van der Waals surface area contributed by atoms with Gasteiger partial charge in [-0.05, 0) is 59.0 Å². The molecule has 1 amide bonds. The highest BCUT2D eigenvalue weighted by Gasteiger charge is 2.36. The van der Waals surface area contributed by atoms with E-state index in [9.17, 15) is 9.90 Å². The van der Waals surface area contributed by atoms with Crippen LogP contribution in [0.25, 0.3) is 11.1 Å². The van der Waals surface area contributed by atoms with Gasteiger partial charge in [-0.25, -0.2) is 0 Å². The number of aryl methyl sites for hydroxylation is 1. The standard InChI is InChI=1S/C20H19NO3S/c22-19(15-5-3-14(4-6-15)16-8-11-25-12-16)21-13-20(23)9-1-2-18-17(20)7-10-24-18/h3-8,10-12,23H,1-2,9,13H2,(H,21,22). The fraction of sp³-hybridized carbons (Fsp3) is 0.250. The molecule has 1 aromatic carbocycles. The van der Waals surface area contributed by atoms with Crippen molar-refractivity contribution in [2.24, 2.45) is 0 Å². The molecule has 1 aliphatic rings. The van der Waals surface area contributed by atoms with Crippen molar-refractivity contribution in [1.29, 1.82) is 0 Å². The van der Waals surface area contributed by atoms with E-state index in [-0.39, 0.29) is 12.5 Å². The summed E-state index contributed by atoms with van der Waals surface area (Å²) in [6.07, 6.45) is 3.91. The minimum absolute atomic E-state index is 0.180. The molecule has 0 fully saturated rings. The van der Waals surface area contributed by atoms with Crippen LogP contribution in [0.1, 0.15) is 34.5 Å². The zero-order valence-electron chi connectivity index (χ0n) is 13.7. The number of aliphatic hydroxyl groups is 1. The van der Waals surface area contributed by atoms with E-state index in [0.29, 0.717) is 12.0 Å². The lowest BCUT2D eigenvalue weighted by molar-refractivity contribution is 0.0169. The summed E-state index contributed by atoms with van der Waals surface area (Å²) in [6.45, 7) is 0.185. The van der Waals surface area contributed by atoms with Crippen molar-refractivity contribution in [3.63, 3.8) is 0 Å². The van der Waals surface area contributed by atoms with Crippen LogP contribution >= 0.6 is 11.3 Å². The Kier molecular flexibility index (Phi) is 4.19. The predicted molar refractivity (Wildman–Crippen MR) is 97.6 cm³/mol. The molecule has 4 nitrogen and oxygen atoms in total. The molecule has 0 radical (unpaired) electrons. The van der Waals surface area contributed by atoms with E-state index >= 15 is 0 Å². The maximum absolute atomic E-state index is 12.4. The van der Waals surface area contributed by atoms with Gasteiger partial charge < -0.3 is 14.8 Å². The minimum Gasteiger partial charge on any atom is -0.469 e. The average molecular weight is 353 g/mol. The maximum atomic E-state index is 12.4. The van der Waals surface area contributed by atoms with E-state index in [0.717, 1.165) is 35.3 Å². The van der Waals surface area contributed by atoms with Crippen LogP contribution in [0.3, 0.4) is 0 Å². The van der Waals surface area contributed by atoms with E-state index in [1.54, 1.807) is 23.7 Å². The Hall–Kier alpha value is -2.37. The molecule has 2 heterocycles. The summed E-state index contributed by atoms with van der Waals surface area (Å²) in [5.41, 5.74) is 2.58. The average Bonchev–Trinajstić information content (AvgIpc) is 3.32. The highest BCUT2D eigenvalue weighted by atomic mass is 32.1. The fourth-order valence-electron chi connectivity index (χ4n) is 3.38. The Bertz CT molecular complexity index is 867. The third-order valence-electron chi connectivity index (χ3n) is 4.78. The Labute approximate surface area is 150 Å². The summed E-state index contributed by atoms with van der Waals surface area (Å²) in [4.78, 5) is 12.4. The Morgan fingerprint density at radius 1 is 1.20 bits per heavy atom. The molecule has 4 rings (SSSR count). The normalized spacial score (nSPS) is 19.4. The molecule has 2 N–H and O–H groups in total. The van der Waals surface area contributed by atoms with Gasteiger partial charge in [-0.2, -0.15) is 11.3 Å². The number of hydrogen-bond acceptors (Lipinski definition) is 4. The highest BCUT2D eigenvalue weighted by molar-refractivity contribution is 7.08. The first kappa shape index (κ1) is 16.1. The number of furan rings is 1. The maximum Gasteiger partial charge on any atom is 0.251 e. The number of carbonyl (C=O) groups excluding carboxylic acids is 1. The van der Waals surface area contributed by atoms with Gasteiger partial charge in [-0.15, -0.1) is 0 Å². The lowest BCUT2D eigenvalue weighted by Crippen LogP contribution is -2.42. The van der Waals surface area contributed by atoms with Crippen LogP contribution < -0.4 is 5.32 Å². The van der Waals surface area contributed by atoms with Crippen LogP contribution in [-0.4, -0.2) is 17.6 Å². The number of amides is 1. The summed E-state index contributed by atoms with van der Waals surface area (Å²) >= 11 is 1.65. The first-order valence-corrected chi connectivity index (χ1v) is 9.30. The Balaban J connectivity index is 1.45. The molecule has 0 saturated heterocycles. The summed E-state index contributed by atoms with van der Waals surface area (Å²) in [5.74, 6) is 0.643. The molecule has 0 spiro atoms. The largest absolute Gasteiger partial charge is 0.469 e. The quantitative estimate of drug-likeness (QED) is 0.746. The number of benzene rings is 1. The first-order valence-electron chi connectivity index (χ1n) is 8.36. The van der Waals surface area contributed by atoms with Crippen LogP contribution in [-0.2, 0) is 12.0 Å². The highest BCUT2D eigenvalue weighted by Crippen LogP contribution is 2.35. The number of fused-ring (bicyclic) bond motifs is 1. The molecule has 128 valence electrons. The van der Waals surface area contributed by atoms with Crippen molar-refractivity contribution in [1.82, 2.24) is 5.32 Å². The molecule has 5 heteroatoms. The van der Waals surface area contributed by atoms with Gasteiger partial charge in [0.05, 0.1) is 12.8 Å². The molecule has 0 aliphatic heterocycles. The lowest BCUT2D eigenvalue weighted by atomic mass is 9.83. The van der Waals surface area contributed by atoms with Crippen LogP contribution in [0.15, 0.2) is 57.8 Å². The summed E-state index contributed by atoms with van der Waals surface area (Å²) < 4.78 is 5.42. The van der Waals surface area contributed by atoms with Crippen molar-refractivity contribution in [2.45, 2.75) is 24.9 Å². The van der Waals surface area contributed by atoms with Crippen molar-refractivity contribution in [3.05, 3.63) is 70.3 Å². The molecule has 1 aliphatic carbocycles. The Morgan fingerprint density at radius 2 is 2.04 bits per heavy atom. The summed E-state index contributed by atoms with van der Waals surface area (Å²) in [5, 5.41) is 17.9. The van der Waals surface area contributed by atoms with Gasteiger partial charge in [0.25, 0.3) is 5.91 Å². The molecule has 25 heavy (non-hydrogen) atoms. The van der Waals surface area contributed by atoms with Crippen LogP contribution in [0.5, 0.6) is 0 Å². The molecule has 2 aromatic heterocycles. The van der Waals surface area contributed by atoms with Gasteiger partial charge in [0.1, 0.15) is 11.4 Å². The van der Waals surface area contributed by atoms with Gasteiger partial charge in [-0.3, -0.25) is 4.79 Å². The van der Waals surface area contributed by atoms with Crippen LogP contribution in [0, 0.1) is 0 Å². The third-order valence-corrected chi connectivity index (χ3v) is 5.47. The van der Waals surface area contributed by atoms with Gasteiger partial charge in [0, 0.05) is 17.5 Å². The SMILES string of the molecule is O=C(NCC1(O)CCCc2occc21)c1ccc(-c2ccsc2)cc1. The summed E-state index contributed by atoms with van der Waals surface area (Å²) in [6, 6.07) is 11.4. The van der Waals surface area contributed by atoms with Crippen molar-refractivity contribution in [2.75, 3.05) is 6.54 Å². The van der Waals surface area contributed by atoms with E-state index in [2.05, 4.69) is 16.8 Å². The molecule has 1 unspecified atom stereocenters. The van der Waals surface area contributed by atoms with E-state index < -0.39 is 5.60 Å². The number of thiophene rings is 1. The second-order valence-electron chi connectivity index (χ2n) is 6.41. The minimum atomic E-state index is -1.05. The third kappa shape index (κ3) is 3.13. The first-order chi connectivity index (χ1) is 12.2. The number of carbonyl (C=O) groups is 1.